The second-order valence-electron chi connectivity index (χ2n) is 2.95. The first-order valence-corrected chi connectivity index (χ1v) is 3.65. The Bertz CT molecular complexity index is 102. The average Bonchev–Trinajstić information content (AvgIpc) is 2.45. The van der Waals surface area contributed by atoms with Crippen LogP contribution in [0.25, 0.3) is 0 Å². The Hall–Kier alpha value is -0.210. The van der Waals surface area contributed by atoms with Crippen LogP contribution in [0.4, 0.5) is 13.2 Å². The summed E-state index contributed by atoms with van der Waals surface area (Å²) in [6.45, 7) is 0. The van der Waals surface area contributed by atoms with Gasteiger partial charge in [0, 0.05) is 6.42 Å². The van der Waals surface area contributed by atoms with Crippen molar-refractivity contribution in [2.75, 3.05) is 0 Å². The molecule has 1 rings (SSSR count). The van der Waals surface area contributed by atoms with Gasteiger partial charge in [0.25, 0.3) is 0 Å². The van der Waals surface area contributed by atoms with E-state index in [1.807, 2.05) is 0 Å². The van der Waals surface area contributed by atoms with Crippen LogP contribution in [-0.2, 0) is 0 Å². The minimum Gasteiger partial charge on any atom is -0.171 e. The molecule has 0 aliphatic heterocycles. The van der Waals surface area contributed by atoms with Gasteiger partial charge in [-0.15, -0.1) is 0 Å². The summed E-state index contributed by atoms with van der Waals surface area (Å²) in [5.74, 6) is 0.627. The lowest BCUT2D eigenvalue weighted by Crippen LogP contribution is -2.06. The first-order valence-electron chi connectivity index (χ1n) is 3.65. The lowest BCUT2D eigenvalue weighted by molar-refractivity contribution is -0.135. The van der Waals surface area contributed by atoms with E-state index in [2.05, 4.69) is 0 Å². The molecule has 0 radical (unpaired) electrons. The van der Waals surface area contributed by atoms with Crippen LogP contribution >= 0.6 is 0 Å². The molecule has 0 heterocycles. The van der Waals surface area contributed by atoms with Crippen molar-refractivity contribution in [3.63, 3.8) is 0 Å². The predicted molar refractivity (Wildman–Crippen MR) is 32.6 cm³/mol. The van der Waals surface area contributed by atoms with Gasteiger partial charge in [0.1, 0.15) is 0 Å². The molecular formula is C7H11F3. The summed E-state index contributed by atoms with van der Waals surface area (Å²) in [7, 11) is 0. The van der Waals surface area contributed by atoms with E-state index in [1.165, 1.54) is 0 Å². The highest BCUT2D eigenvalue weighted by atomic mass is 19.4. The van der Waals surface area contributed by atoms with E-state index >= 15 is 0 Å². The zero-order chi connectivity index (χ0) is 7.61. The van der Waals surface area contributed by atoms with Crippen LogP contribution in [0.2, 0.25) is 0 Å². The van der Waals surface area contributed by atoms with Gasteiger partial charge in [-0.1, -0.05) is 19.3 Å². The Balaban J connectivity index is 1.93. The molecule has 3 heteroatoms. The maximum atomic E-state index is 11.5. The highest BCUT2D eigenvalue weighted by Gasteiger charge is 2.28. The number of hydrogen-bond acceptors (Lipinski definition) is 0. The van der Waals surface area contributed by atoms with Crippen LogP contribution in [0.5, 0.6) is 0 Å². The maximum absolute atomic E-state index is 11.5. The van der Waals surface area contributed by atoms with Crippen molar-refractivity contribution in [2.45, 2.75) is 38.3 Å². The molecule has 0 bridgehead atoms. The van der Waals surface area contributed by atoms with E-state index in [9.17, 15) is 13.2 Å². The van der Waals surface area contributed by atoms with Crippen LogP contribution < -0.4 is 0 Å². The van der Waals surface area contributed by atoms with Gasteiger partial charge >= 0.3 is 6.18 Å². The van der Waals surface area contributed by atoms with E-state index < -0.39 is 12.6 Å². The number of hydrogen-bond donors (Lipinski definition) is 0. The molecule has 1 aliphatic rings. The average molecular weight is 152 g/mol. The zero-order valence-corrected chi connectivity index (χ0v) is 5.75. The normalized spacial score (nSPS) is 19.5. The zero-order valence-electron chi connectivity index (χ0n) is 5.75. The maximum Gasteiger partial charge on any atom is 0.389 e. The van der Waals surface area contributed by atoms with E-state index in [1.54, 1.807) is 0 Å². The summed E-state index contributed by atoms with van der Waals surface area (Å²) in [6, 6.07) is 0. The standard InChI is InChI=1S/C7H11F3/c8-7(9,10)5-1-2-6-3-4-6/h6H,1-5H2. The number of rotatable bonds is 3. The number of alkyl halides is 3. The third-order valence-corrected chi connectivity index (χ3v) is 1.77. The first kappa shape index (κ1) is 7.89. The Morgan fingerprint density at radius 2 is 1.80 bits per heavy atom. The van der Waals surface area contributed by atoms with Crippen molar-refractivity contribution >= 4 is 0 Å². The van der Waals surface area contributed by atoms with Crippen molar-refractivity contribution in [3.8, 4) is 0 Å². The second-order valence-corrected chi connectivity index (χ2v) is 2.95. The fraction of sp³-hybridized carbons (Fsp3) is 1.00. The van der Waals surface area contributed by atoms with Crippen LogP contribution in [0.3, 0.4) is 0 Å². The molecule has 0 aromatic heterocycles. The third-order valence-electron chi connectivity index (χ3n) is 1.77. The van der Waals surface area contributed by atoms with Crippen molar-refractivity contribution in [2.24, 2.45) is 5.92 Å². The van der Waals surface area contributed by atoms with Gasteiger partial charge < -0.3 is 0 Å². The van der Waals surface area contributed by atoms with E-state index in [4.69, 9.17) is 0 Å². The first-order chi connectivity index (χ1) is 4.58. The smallest absolute Gasteiger partial charge is 0.171 e. The summed E-state index contributed by atoms with van der Waals surface area (Å²) < 4.78 is 34.6. The largest absolute Gasteiger partial charge is 0.389 e. The fourth-order valence-corrected chi connectivity index (χ4v) is 0.998. The molecule has 0 saturated heterocycles. The van der Waals surface area contributed by atoms with Gasteiger partial charge in [-0.3, -0.25) is 0 Å². The van der Waals surface area contributed by atoms with E-state index in [-0.39, 0.29) is 0 Å². The molecule has 0 unspecified atom stereocenters. The fourth-order valence-electron chi connectivity index (χ4n) is 0.998. The second kappa shape index (κ2) is 2.81. The molecule has 0 nitrogen and oxygen atoms in total. The summed E-state index contributed by atoms with van der Waals surface area (Å²) in [5, 5.41) is 0. The van der Waals surface area contributed by atoms with Crippen LogP contribution in [0.1, 0.15) is 32.1 Å². The van der Waals surface area contributed by atoms with Gasteiger partial charge in [0.2, 0.25) is 0 Å². The number of halogens is 3. The van der Waals surface area contributed by atoms with Crippen molar-refractivity contribution < 1.29 is 13.2 Å². The quantitative estimate of drug-likeness (QED) is 0.582. The van der Waals surface area contributed by atoms with Gasteiger partial charge in [0.05, 0.1) is 0 Å². The van der Waals surface area contributed by atoms with Crippen LogP contribution in [0, 0.1) is 5.92 Å². The van der Waals surface area contributed by atoms with Crippen molar-refractivity contribution in [1.29, 1.82) is 0 Å². The molecule has 0 N–H and O–H groups in total. The minimum absolute atomic E-state index is 0.328. The predicted octanol–water partition coefficient (Wildman–Crippen LogP) is 3.13. The minimum atomic E-state index is -3.94. The van der Waals surface area contributed by atoms with Gasteiger partial charge in [0.15, 0.2) is 0 Å². The summed E-state index contributed by atoms with van der Waals surface area (Å²) in [6.07, 6.45) is -1.12. The Kier molecular flexibility index (Phi) is 2.21. The molecular weight excluding hydrogens is 141 g/mol. The van der Waals surface area contributed by atoms with Gasteiger partial charge in [-0.2, -0.15) is 13.2 Å². The molecule has 60 valence electrons. The SMILES string of the molecule is FC(F)(F)CCCC1CC1. The molecule has 1 fully saturated rings. The molecule has 1 saturated carbocycles. The van der Waals surface area contributed by atoms with E-state index in [0.717, 1.165) is 19.3 Å². The Morgan fingerprint density at radius 1 is 1.20 bits per heavy atom. The monoisotopic (exact) mass is 152 g/mol. The molecule has 0 spiro atoms. The molecule has 10 heavy (non-hydrogen) atoms. The Morgan fingerprint density at radius 3 is 2.20 bits per heavy atom. The topological polar surface area (TPSA) is 0 Å². The Labute approximate surface area is 58.4 Å². The van der Waals surface area contributed by atoms with E-state index in [0.29, 0.717) is 12.3 Å². The van der Waals surface area contributed by atoms with Crippen molar-refractivity contribution in [3.05, 3.63) is 0 Å². The third kappa shape index (κ3) is 3.75. The molecule has 0 amide bonds. The molecule has 1 aliphatic carbocycles. The van der Waals surface area contributed by atoms with Crippen LogP contribution in [-0.4, -0.2) is 6.18 Å². The van der Waals surface area contributed by atoms with Crippen LogP contribution in [0.15, 0.2) is 0 Å². The molecule has 0 aromatic carbocycles. The lowest BCUT2D eigenvalue weighted by Gasteiger charge is -2.03. The molecule has 0 aromatic rings. The van der Waals surface area contributed by atoms with Gasteiger partial charge in [-0.25, -0.2) is 0 Å². The highest BCUT2D eigenvalue weighted by molar-refractivity contribution is 4.73. The van der Waals surface area contributed by atoms with Gasteiger partial charge in [-0.05, 0) is 12.3 Å². The lowest BCUT2D eigenvalue weighted by atomic mass is 10.2. The van der Waals surface area contributed by atoms with Crippen molar-refractivity contribution in [1.82, 2.24) is 0 Å². The molecule has 0 atom stereocenters. The summed E-state index contributed by atoms with van der Waals surface area (Å²) >= 11 is 0. The highest BCUT2D eigenvalue weighted by Crippen LogP contribution is 2.35. The summed E-state index contributed by atoms with van der Waals surface area (Å²) in [4.78, 5) is 0. The summed E-state index contributed by atoms with van der Waals surface area (Å²) in [5.41, 5.74) is 0.